The lowest BCUT2D eigenvalue weighted by Crippen LogP contribution is -2.25. The number of imidazole rings is 1. The van der Waals surface area contributed by atoms with Gasteiger partial charge in [0.2, 0.25) is 0 Å². The lowest BCUT2D eigenvalue weighted by Gasteiger charge is -2.13. The standard InChI is InChI=1S/C20H21FN4O3.2ClH/c1-27-18-5-3-14(20(26)24-7-6-15-11-23-12-25-15)9-19(18)28-17-4-2-13(10-22)8-16(17)21;;/h2-5,8-9,11-12H,6-7,10,22H2,1H3,(H,23,25)(H,24,26);2*1H. The number of ether oxygens (including phenoxy) is 2. The number of halogens is 3. The molecule has 0 saturated heterocycles. The number of carbonyl (C=O) groups excluding carboxylic acids is 1. The number of aromatic amines is 1. The van der Waals surface area contributed by atoms with Crippen molar-refractivity contribution in [3.05, 3.63) is 71.6 Å². The van der Waals surface area contributed by atoms with Gasteiger partial charge < -0.3 is 25.5 Å². The molecule has 0 bridgehead atoms. The number of amides is 1. The Balaban J connectivity index is 0.00000225. The van der Waals surface area contributed by atoms with Crippen molar-refractivity contribution < 1.29 is 18.7 Å². The minimum absolute atomic E-state index is 0. The number of H-pyrrole nitrogens is 1. The Morgan fingerprint density at radius 2 is 1.93 bits per heavy atom. The predicted octanol–water partition coefficient (Wildman–Crippen LogP) is 3.62. The normalized spacial score (nSPS) is 9.83. The molecule has 1 aromatic heterocycles. The van der Waals surface area contributed by atoms with Crippen LogP contribution in [0.5, 0.6) is 17.2 Å². The van der Waals surface area contributed by atoms with Crippen LogP contribution in [0.1, 0.15) is 21.6 Å². The van der Waals surface area contributed by atoms with Gasteiger partial charge in [-0.1, -0.05) is 6.07 Å². The van der Waals surface area contributed by atoms with Crippen molar-refractivity contribution in [1.29, 1.82) is 0 Å². The number of hydrogen-bond donors (Lipinski definition) is 3. The Hall–Kier alpha value is -2.81. The average Bonchev–Trinajstić information content (AvgIpc) is 3.22. The van der Waals surface area contributed by atoms with Crippen LogP contribution in [0.2, 0.25) is 0 Å². The number of nitrogens with one attached hydrogen (secondary N) is 2. The summed E-state index contributed by atoms with van der Waals surface area (Å²) in [5.41, 5.74) is 7.47. The van der Waals surface area contributed by atoms with Crippen LogP contribution in [0, 0.1) is 5.82 Å². The third kappa shape index (κ3) is 6.35. The van der Waals surface area contributed by atoms with Gasteiger partial charge >= 0.3 is 0 Å². The molecule has 0 aliphatic heterocycles. The van der Waals surface area contributed by atoms with Gasteiger partial charge in [0.05, 0.1) is 13.4 Å². The molecule has 3 aromatic rings. The third-order valence-corrected chi connectivity index (χ3v) is 4.11. The summed E-state index contributed by atoms with van der Waals surface area (Å²) in [5, 5.41) is 2.82. The van der Waals surface area contributed by atoms with E-state index in [0.717, 1.165) is 5.69 Å². The quantitative estimate of drug-likeness (QED) is 0.480. The molecule has 7 nitrogen and oxygen atoms in total. The second-order valence-corrected chi connectivity index (χ2v) is 6.02. The van der Waals surface area contributed by atoms with Gasteiger partial charge in [-0.2, -0.15) is 0 Å². The van der Waals surface area contributed by atoms with E-state index in [4.69, 9.17) is 15.2 Å². The molecular formula is C20H23Cl2FN4O3. The van der Waals surface area contributed by atoms with Gasteiger partial charge in [0.1, 0.15) is 0 Å². The number of rotatable bonds is 8. The Morgan fingerprint density at radius 1 is 1.17 bits per heavy atom. The second-order valence-electron chi connectivity index (χ2n) is 6.02. The molecule has 1 amide bonds. The minimum atomic E-state index is -0.542. The summed E-state index contributed by atoms with van der Waals surface area (Å²) >= 11 is 0. The van der Waals surface area contributed by atoms with E-state index in [0.29, 0.717) is 29.8 Å². The molecule has 0 fully saturated rings. The highest BCUT2D eigenvalue weighted by Gasteiger charge is 2.14. The molecule has 0 atom stereocenters. The first-order valence-electron chi connectivity index (χ1n) is 8.70. The summed E-state index contributed by atoms with van der Waals surface area (Å²) in [4.78, 5) is 19.3. The number of benzene rings is 2. The van der Waals surface area contributed by atoms with Crippen LogP contribution in [0.15, 0.2) is 48.9 Å². The molecule has 0 spiro atoms. The summed E-state index contributed by atoms with van der Waals surface area (Å²) < 4.78 is 25.1. The average molecular weight is 457 g/mol. The zero-order chi connectivity index (χ0) is 19.9. The van der Waals surface area contributed by atoms with Crippen molar-refractivity contribution >= 4 is 30.7 Å². The van der Waals surface area contributed by atoms with Gasteiger partial charge in [0, 0.05) is 37.0 Å². The van der Waals surface area contributed by atoms with Gasteiger partial charge in [-0.05, 0) is 35.9 Å². The maximum atomic E-state index is 14.2. The molecule has 162 valence electrons. The Kier molecular flexibility index (Phi) is 10.1. The van der Waals surface area contributed by atoms with Crippen LogP contribution in [-0.4, -0.2) is 29.5 Å². The summed E-state index contributed by atoms with van der Waals surface area (Å²) in [6.45, 7) is 0.674. The fourth-order valence-electron chi connectivity index (χ4n) is 2.60. The van der Waals surface area contributed by atoms with Crippen molar-refractivity contribution in [2.75, 3.05) is 13.7 Å². The zero-order valence-corrected chi connectivity index (χ0v) is 17.8. The third-order valence-electron chi connectivity index (χ3n) is 4.11. The van der Waals surface area contributed by atoms with Crippen LogP contribution in [-0.2, 0) is 13.0 Å². The first-order valence-corrected chi connectivity index (χ1v) is 8.70. The van der Waals surface area contributed by atoms with Crippen molar-refractivity contribution in [1.82, 2.24) is 15.3 Å². The van der Waals surface area contributed by atoms with Gasteiger partial charge in [-0.25, -0.2) is 9.37 Å². The molecule has 3 rings (SSSR count). The number of methoxy groups -OCH3 is 1. The number of carbonyl (C=O) groups is 1. The lowest BCUT2D eigenvalue weighted by molar-refractivity contribution is 0.0953. The molecule has 1 heterocycles. The zero-order valence-electron chi connectivity index (χ0n) is 16.2. The molecule has 0 saturated carbocycles. The smallest absolute Gasteiger partial charge is 0.251 e. The number of aromatic nitrogens is 2. The van der Waals surface area contributed by atoms with Crippen LogP contribution in [0.4, 0.5) is 4.39 Å². The van der Waals surface area contributed by atoms with E-state index in [1.807, 2.05) is 0 Å². The van der Waals surface area contributed by atoms with Gasteiger partial charge in [-0.3, -0.25) is 4.79 Å². The van der Waals surface area contributed by atoms with Crippen LogP contribution < -0.4 is 20.5 Å². The Morgan fingerprint density at radius 3 is 2.57 bits per heavy atom. The van der Waals surface area contributed by atoms with Crippen molar-refractivity contribution in [2.45, 2.75) is 13.0 Å². The summed E-state index contributed by atoms with van der Waals surface area (Å²) in [6, 6.07) is 9.22. The fraction of sp³-hybridized carbons (Fsp3) is 0.200. The van der Waals surface area contributed by atoms with E-state index >= 15 is 0 Å². The Labute approximate surface area is 186 Å². The molecule has 30 heavy (non-hydrogen) atoms. The highest BCUT2D eigenvalue weighted by Crippen LogP contribution is 2.33. The van der Waals surface area contributed by atoms with Gasteiger partial charge in [0.25, 0.3) is 5.91 Å². The van der Waals surface area contributed by atoms with Gasteiger partial charge in [0.15, 0.2) is 23.1 Å². The number of nitrogens with two attached hydrogens (primary N) is 1. The molecule has 2 aromatic carbocycles. The van der Waals surface area contributed by atoms with Crippen LogP contribution in [0.25, 0.3) is 0 Å². The van der Waals surface area contributed by atoms with Crippen molar-refractivity contribution in [2.24, 2.45) is 5.73 Å². The fourth-order valence-corrected chi connectivity index (χ4v) is 2.60. The van der Waals surface area contributed by atoms with E-state index in [9.17, 15) is 9.18 Å². The topological polar surface area (TPSA) is 102 Å². The molecule has 10 heteroatoms. The maximum Gasteiger partial charge on any atom is 0.251 e. The molecule has 0 unspecified atom stereocenters. The summed E-state index contributed by atoms with van der Waals surface area (Å²) in [5.74, 6) is -0.169. The van der Waals surface area contributed by atoms with E-state index < -0.39 is 5.82 Å². The summed E-state index contributed by atoms with van der Waals surface area (Å²) in [7, 11) is 1.47. The largest absolute Gasteiger partial charge is 0.493 e. The van der Waals surface area contributed by atoms with Crippen LogP contribution in [0.3, 0.4) is 0 Å². The second kappa shape index (κ2) is 12.0. The molecule has 0 radical (unpaired) electrons. The lowest BCUT2D eigenvalue weighted by atomic mass is 10.1. The molecular weight excluding hydrogens is 434 g/mol. The predicted molar refractivity (Wildman–Crippen MR) is 116 cm³/mol. The van der Waals surface area contributed by atoms with E-state index in [2.05, 4.69) is 15.3 Å². The monoisotopic (exact) mass is 456 g/mol. The molecule has 0 aliphatic carbocycles. The van der Waals surface area contributed by atoms with Crippen molar-refractivity contribution in [3.63, 3.8) is 0 Å². The highest BCUT2D eigenvalue weighted by atomic mass is 35.5. The Bertz CT molecular complexity index is 955. The van der Waals surface area contributed by atoms with Gasteiger partial charge in [-0.15, -0.1) is 24.8 Å². The van der Waals surface area contributed by atoms with E-state index in [-0.39, 0.29) is 48.8 Å². The first kappa shape index (κ1) is 25.2. The van der Waals surface area contributed by atoms with E-state index in [1.54, 1.807) is 30.7 Å². The van der Waals surface area contributed by atoms with E-state index in [1.165, 1.54) is 25.3 Å². The molecule has 4 N–H and O–H groups in total. The minimum Gasteiger partial charge on any atom is -0.493 e. The number of hydrogen-bond acceptors (Lipinski definition) is 5. The van der Waals surface area contributed by atoms with Crippen LogP contribution >= 0.6 is 24.8 Å². The van der Waals surface area contributed by atoms with Crippen molar-refractivity contribution in [3.8, 4) is 17.2 Å². The first-order chi connectivity index (χ1) is 13.6. The summed E-state index contributed by atoms with van der Waals surface area (Å²) in [6.07, 6.45) is 3.92. The number of nitrogens with zero attached hydrogens (tertiary/aromatic N) is 1. The highest BCUT2D eigenvalue weighted by molar-refractivity contribution is 5.94. The maximum absolute atomic E-state index is 14.2. The SMILES string of the molecule is COc1ccc(C(=O)NCCc2cnc[nH]2)cc1Oc1ccc(CN)cc1F.Cl.Cl. The molecule has 0 aliphatic rings.